The summed E-state index contributed by atoms with van der Waals surface area (Å²) < 4.78 is 7.02. The number of hydrogen-bond donors (Lipinski definition) is 1. The van der Waals surface area contributed by atoms with E-state index in [2.05, 4.69) is 18.9 Å². The molecule has 1 heterocycles. The van der Waals surface area contributed by atoms with Crippen molar-refractivity contribution in [3.63, 3.8) is 0 Å². The minimum atomic E-state index is -0.540. The predicted molar refractivity (Wildman–Crippen MR) is 78.4 cm³/mol. The first-order valence-electron chi connectivity index (χ1n) is 6.90. The lowest BCUT2D eigenvalue weighted by Gasteiger charge is -2.11. The van der Waals surface area contributed by atoms with Crippen LogP contribution in [0.3, 0.4) is 0 Å². The van der Waals surface area contributed by atoms with Crippen LogP contribution in [0.2, 0.25) is 0 Å². The minimum Gasteiger partial charge on any atom is -0.388 e. The molecule has 1 atom stereocenters. The smallest absolute Gasteiger partial charge is 0.0846 e. The van der Waals surface area contributed by atoms with Crippen LogP contribution in [0, 0.1) is 0 Å². The second kappa shape index (κ2) is 6.68. The van der Waals surface area contributed by atoms with Gasteiger partial charge in [0, 0.05) is 25.8 Å². The van der Waals surface area contributed by atoms with Gasteiger partial charge in [-0.3, -0.25) is 4.68 Å². The second-order valence-electron chi connectivity index (χ2n) is 5.28. The van der Waals surface area contributed by atoms with Crippen LogP contribution in [0.25, 0.3) is 0 Å². The van der Waals surface area contributed by atoms with E-state index < -0.39 is 6.10 Å². The highest BCUT2D eigenvalue weighted by atomic mass is 16.5. The number of aromatic nitrogens is 2. The first-order valence-corrected chi connectivity index (χ1v) is 6.90. The summed E-state index contributed by atoms with van der Waals surface area (Å²) >= 11 is 0. The third-order valence-electron chi connectivity index (χ3n) is 3.24. The molecular formula is C16H22N2O2. The van der Waals surface area contributed by atoms with E-state index in [1.807, 2.05) is 41.2 Å². The quantitative estimate of drug-likeness (QED) is 0.881. The van der Waals surface area contributed by atoms with Gasteiger partial charge in [-0.1, -0.05) is 24.3 Å². The Morgan fingerprint density at radius 3 is 2.75 bits per heavy atom. The maximum atomic E-state index is 10.3. The zero-order valence-corrected chi connectivity index (χ0v) is 12.3. The summed E-state index contributed by atoms with van der Waals surface area (Å²) in [5.41, 5.74) is 2.87. The van der Waals surface area contributed by atoms with Gasteiger partial charge in [0.05, 0.1) is 18.4 Å². The normalized spacial score (nSPS) is 12.8. The van der Waals surface area contributed by atoms with Crippen molar-refractivity contribution in [3.05, 3.63) is 53.3 Å². The summed E-state index contributed by atoms with van der Waals surface area (Å²) in [6, 6.07) is 10.2. The van der Waals surface area contributed by atoms with Crippen LogP contribution in [0.15, 0.2) is 36.5 Å². The van der Waals surface area contributed by atoms with Crippen LogP contribution < -0.4 is 0 Å². The standard InChI is InChI=1S/C16H22N2O2/c1-12(2)18-8-7-15(17-18)10-16(19)14-6-4-5-13(9-14)11-20-3/h4-9,12,16,19H,10-11H2,1-3H3. The molecule has 2 aromatic rings. The number of benzene rings is 1. The number of hydrogen-bond acceptors (Lipinski definition) is 3. The monoisotopic (exact) mass is 274 g/mol. The number of ether oxygens (including phenoxy) is 1. The predicted octanol–water partition coefficient (Wildman–Crippen LogP) is 2.89. The fraction of sp³-hybridized carbons (Fsp3) is 0.438. The van der Waals surface area contributed by atoms with Crippen LogP contribution in [-0.4, -0.2) is 22.0 Å². The summed E-state index contributed by atoms with van der Waals surface area (Å²) in [6.45, 7) is 4.73. The molecule has 20 heavy (non-hydrogen) atoms. The molecule has 108 valence electrons. The van der Waals surface area contributed by atoms with Gasteiger partial charge in [-0.05, 0) is 31.0 Å². The average Bonchev–Trinajstić information content (AvgIpc) is 2.88. The highest BCUT2D eigenvalue weighted by molar-refractivity contribution is 5.25. The molecule has 1 aromatic heterocycles. The van der Waals surface area contributed by atoms with Crippen LogP contribution in [-0.2, 0) is 17.8 Å². The van der Waals surface area contributed by atoms with Gasteiger partial charge in [-0.25, -0.2) is 0 Å². The number of nitrogens with zero attached hydrogens (tertiary/aromatic N) is 2. The van der Waals surface area contributed by atoms with Crippen molar-refractivity contribution in [1.82, 2.24) is 9.78 Å². The van der Waals surface area contributed by atoms with Crippen LogP contribution in [0.4, 0.5) is 0 Å². The molecule has 0 bridgehead atoms. The lowest BCUT2D eigenvalue weighted by atomic mass is 10.0. The number of aliphatic hydroxyl groups is 1. The zero-order chi connectivity index (χ0) is 14.5. The zero-order valence-electron chi connectivity index (χ0n) is 12.3. The van der Waals surface area contributed by atoms with E-state index in [4.69, 9.17) is 4.74 Å². The van der Waals surface area contributed by atoms with E-state index in [9.17, 15) is 5.11 Å². The molecule has 0 aliphatic heterocycles. The van der Waals surface area contributed by atoms with E-state index in [1.165, 1.54) is 0 Å². The third kappa shape index (κ3) is 3.68. The molecule has 0 saturated heterocycles. The van der Waals surface area contributed by atoms with Crippen molar-refractivity contribution in [2.75, 3.05) is 7.11 Å². The number of methoxy groups -OCH3 is 1. The Labute approximate surface area is 120 Å². The van der Waals surface area contributed by atoms with Gasteiger partial charge in [0.25, 0.3) is 0 Å². The molecule has 0 amide bonds. The maximum absolute atomic E-state index is 10.3. The van der Waals surface area contributed by atoms with E-state index in [0.717, 1.165) is 16.8 Å². The Hall–Kier alpha value is -1.65. The van der Waals surface area contributed by atoms with Gasteiger partial charge in [0.15, 0.2) is 0 Å². The van der Waals surface area contributed by atoms with E-state index in [1.54, 1.807) is 7.11 Å². The second-order valence-corrected chi connectivity index (χ2v) is 5.28. The molecule has 4 heteroatoms. The molecule has 1 N–H and O–H groups in total. The Morgan fingerprint density at radius 1 is 1.30 bits per heavy atom. The molecule has 4 nitrogen and oxygen atoms in total. The Balaban J connectivity index is 2.06. The van der Waals surface area contributed by atoms with Crippen molar-refractivity contribution >= 4 is 0 Å². The van der Waals surface area contributed by atoms with Gasteiger partial charge in [0.2, 0.25) is 0 Å². The lowest BCUT2D eigenvalue weighted by Crippen LogP contribution is -2.06. The highest BCUT2D eigenvalue weighted by Gasteiger charge is 2.11. The van der Waals surface area contributed by atoms with Crippen molar-refractivity contribution in [1.29, 1.82) is 0 Å². The van der Waals surface area contributed by atoms with Crippen molar-refractivity contribution in [3.8, 4) is 0 Å². The lowest BCUT2D eigenvalue weighted by molar-refractivity contribution is 0.174. The molecule has 1 aromatic carbocycles. The molecule has 0 saturated carbocycles. The van der Waals surface area contributed by atoms with Crippen molar-refractivity contribution in [2.24, 2.45) is 0 Å². The molecule has 0 radical (unpaired) electrons. The van der Waals surface area contributed by atoms with Crippen LogP contribution in [0.1, 0.15) is 42.8 Å². The van der Waals surface area contributed by atoms with Crippen molar-refractivity contribution in [2.45, 2.75) is 39.0 Å². The molecular weight excluding hydrogens is 252 g/mol. The molecule has 2 rings (SSSR count). The average molecular weight is 274 g/mol. The van der Waals surface area contributed by atoms with E-state index >= 15 is 0 Å². The fourth-order valence-electron chi connectivity index (χ4n) is 2.15. The van der Waals surface area contributed by atoms with Gasteiger partial charge in [-0.2, -0.15) is 5.10 Å². The number of rotatable bonds is 6. The highest BCUT2D eigenvalue weighted by Crippen LogP contribution is 2.19. The van der Waals surface area contributed by atoms with Gasteiger partial charge >= 0.3 is 0 Å². The molecule has 1 unspecified atom stereocenters. The summed E-state index contributed by atoms with van der Waals surface area (Å²) in [5.74, 6) is 0. The third-order valence-corrected chi connectivity index (χ3v) is 3.24. The molecule has 0 fully saturated rings. The summed E-state index contributed by atoms with van der Waals surface area (Å²) in [5, 5.41) is 14.8. The summed E-state index contributed by atoms with van der Waals surface area (Å²) in [7, 11) is 1.67. The minimum absolute atomic E-state index is 0.339. The largest absolute Gasteiger partial charge is 0.388 e. The van der Waals surface area contributed by atoms with Crippen LogP contribution in [0.5, 0.6) is 0 Å². The summed E-state index contributed by atoms with van der Waals surface area (Å²) in [4.78, 5) is 0. The van der Waals surface area contributed by atoms with Crippen molar-refractivity contribution < 1.29 is 9.84 Å². The molecule has 0 aliphatic rings. The Kier molecular flexibility index (Phi) is 4.93. The topological polar surface area (TPSA) is 47.3 Å². The maximum Gasteiger partial charge on any atom is 0.0846 e. The fourth-order valence-corrected chi connectivity index (χ4v) is 2.15. The van der Waals surface area contributed by atoms with E-state index in [0.29, 0.717) is 19.1 Å². The van der Waals surface area contributed by atoms with Gasteiger partial charge in [-0.15, -0.1) is 0 Å². The van der Waals surface area contributed by atoms with Gasteiger partial charge < -0.3 is 9.84 Å². The first-order chi connectivity index (χ1) is 9.60. The van der Waals surface area contributed by atoms with Crippen LogP contribution >= 0.6 is 0 Å². The van der Waals surface area contributed by atoms with E-state index in [-0.39, 0.29) is 0 Å². The molecule has 0 aliphatic carbocycles. The number of aliphatic hydroxyl groups excluding tert-OH is 1. The molecule has 0 spiro atoms. The first kappa shape index (κ1) is 14.8. The summed E-state index contributed by atoms with van der Waals surface area (Å²) in [6.07, 6.45) is 1.94. The Morgan fingerprint density at radius 2 is 2.10 bits per heavy atom. The SMILES string of the molecule is COCc1cccc(C(O)Cc2ccn(C(C)C)n2)c1. The van der Waals surface area contributed by atoms with Gasteiger partial charge in [0.1, 0.15) is 0 Å². The Bertz CT molecular complexity index is 549.